The Labute approximate surface area is 251 Å². The van der Waals surface area contributed by atoms with Crippen molar-refractivity contribution in [1.82, 2.24) is 26.6 Å². The van der Waals surface area contributed by atoms with Crippen molar-refractivity contribution in [2.75, 3.05) is 19.7 Å². The summed E-state index contributed by atoms with van der Waals surface area (Å²) < 4.78 is 0. The summed E-state index contributed by atoms with van der Waals surface area (Å²) in [5.74, 6) is -8.83. The van der Waals surface area contributed by atoms with Crippen molar-refractivity contribution in [3.05, 3.63) is 0 Å². The fourth-order valence-electron chi connectivity index (χ4n) is 3.50. The molecule has 0 unspecified atom stereocenters. The van der Waals surface area contributed by atoms with Gasteiger partial charge in [0.1, 0.15) is 24.2 Å². The van der Waals surface area contributed by atoms with Crippen molar-refractivity contribution in [2.24, 2.45) is 17.2 Å². The minimum absolute atomic E-state index is 0.0248. The largest absolute Gasteiger partial charge is 0.481 e. The molecule has 0 aromatic carbocycles. The van der Waals surface area contributed by atoms with E-state index in [9.17, 15) is 53.7 Å². The third kappa shape index (κ3) is 15.7. The van der Waals surface area contributed by atoms with Gasteiger partial charge in [-0.15, -0.1) is 0 Å². The van der Waals surface area contributed by atoms with Crippen LogP contribution in [0.3, 0.4) is 0 Å². The summed E-state index contributed by atoms with van der Waals surface area (Å²) >= 11 is 0. The van der Waals surface area contributed by atoms with Crippen molar-refractivity contribution in [3.63, 3.8) is 0 Å². The van der Waals surface area contributed by atoms with E-state index >= 15 is 0 Å². The van der Waals surface area contributed by atoms with Gasteiger partial charge in [-0.1, -0.05) is 0 Å². The minimum Gasteiger partial charge on any atom is -0.481 e. The summed E-state index contributed by atoms with van der Waals surface area (Å²) in [6.07, 6.45) is -2.04. The number of nitrogens with two attached hydrogens (primary N) is 3. The minimum atomic E-state index is -1.69. The van der Waals surface area contributed by atoms with Crippen LogP contribution in [0.2, 0.25) is 0 Å². The molecular formula is C24H42N8O12. The van der Waals surface area contributed by atoms with E-state index in [2.05, 4.69) is 26.6 Å². The predicted octanol–water partition coefficient (Wildman–Crippen LogP) is -6.30. The van der Waals surface area contributed by atoms with Gasteiger partial charge in [0.05, 0.1) is 31.7 Å². The van der Waals surface area contributed by atoms with E-state index in [1.165, 1.54) is 0 Å². The maximum atomic E-state index is 12.6. The lowest BCUT2D eigenvalue weighted by Gasteiger charge is -2.25. The van der Waals surface area contributed by atoms with Gasteiger partial charge < -0.3 is 64.2 Å². The number of hydrogen-bond acceptors (Lipinski definition) is 12. The second kappa shape index (κ2) is 20.5. The topological polar surface area (TPSA) is 356 Å². The number of aliphatic hydroxyl groups is 2. The number of carboxylic acids is 2. The number of aliphatic hydroxyl groups excluding tert-OH is 2. The number of primary amides is 1. The lowest BCUT2D eigenvalue weighted by molar-refractivity contribution is -0.142. The first-order valence-corrected chi connectivity index (χ1v) is 13.5. The van der Waals surface area contributed by atoms with Gasteiger partial charge in [-0.2, -0.15) is 0 Å². The highest BCUT2D eigenvalue weighted by Crippen LogP contribution is 2.03. The van der Waals surface area contributed by atoms with E-state index in [1.54, 1.807) is 0 Å². The summed E-state index contributed by atoms with van der Waals surface area (Å²) in [6.45, 7) is -0.397. The molecule has 0 bridgehead atoms. The van der Waals surface area contributed by atoms with E-state index in [1.807, 2.05) is 0 Å². The molecule has 250 valence electrons. The number of carboxylic acid groups (broad SMARTS) is 2. The number of carbonyl (C=O) groups excluding carboxylic acids is 6. The number of unbranched alkanes of at least 4 members (excludes halogenated alkanes) is 1. The fraction of sp³-hybridized carbons (Fsp3) is 0.667. The third-order valence-electron chi connectivity index (χ3n) is 5.93. The molecule has 44 heavy (non-hydrogen) atoms. The van der Waals surface area contributed by atoms with E-state index in [4.69, 9.17) is 22.3 Å². The van der Waals surface area contributed by atoms with Crippen LogP contribution in [0.4, 0.5) is 0 Å². The molecule has 0 spiro atoms. The average Bonchev–Trinajstić information content (AvgIpc) is 2.94. The Morgan fingerprint density at radius 3 is 1.89 bits per heavy atom. The standard InChI is InChI=1S/C24H42N8O12/c1-11(34)19(32-20(39)12(26)5-6-18(37)38)23(42)31-15(10-33)21(40)28-9-17(36)29-14(8-16(27)35)22(41)30-13(24(43)44)4-2-3-7-25/h11-15,19,33-34H,2-10,25-26H2,1H3,(H2,27,35)(H,28,40)(H,29,36)(H,30,41)(H,31,42)(H,32,39)(H,37,38)(H,43,44)/t11-,12+,13+,14+,15+,19+/m1/s1. The summed E-state index contributed by atoms with van der Waals surface area (Å²) in [7, 11) is 0. The molecule has 0 saturated heterocycles. The summed E-state index contributed by atoms with van der Waals surface area (Å²) in [4.78, 5) is 96.0. The monoisotopic (exact) mass is 634 g/mol. The van der Waals surface area contributed by atoms with E-state index < -0.39 is 110 Å². The lowest BCUT2D eigenvalue weighted by atomic mass is 10.1. The van der Waals surface area contributed by atoms with Crippen LogP contribution in [-0.2, 0) is 38.4 Å². The molecule has 0 rings (SSSR count). The van der Waals surface area contributed by atoms with Crippen molar-refractivity contribution < 1.29 is 58.8 Å². The smallest absolute Gasteiger partial charge is 0.326 e. The van der Waals surface area contributed by atoms with E-state index in [-0.39, 0.29) is 12.8 Å². The van der Waals surface area contributed by atoms with Crippen molar-refractivity contribution >= 4 is 47.4 Å². The molecule has 0 fully saturated rings. The van der Waals surface area contributed by atoms with Crippen LogP contribution in [0, 0.1) is 0 Å². The average molecular weight is 635 g/mol. The van der Waals surface area contributed by atoms with Crippen LogP contribution >= 0.6 is 0 Å². The molecule has 0 aliphatic heterocycles. The highest BCUT2D eigenvalue weighted by Gasteiger charge is 2.32. The number of nitrogens with one attached hydrogen (secondary N) is 5. The van der Waals surface area contributed by atoms with E-state index in [0.717, 1.165) is 6.92 Å². The Morgan fingerprint density at radius 1 is 0.773 bits per heavy atom. The number of carbonyl (C=O) groups is 8. The van der Waals surface area contributed by atoms with Gasteiger partial charge in [0.2, 0.25) is 35.4 Å². The molecule has 15 N–H and O–H groups in total. The molecular weight excluding hydrogens is 592 g/mol. The predicted molar refractivity (Wildman–Crippen MR) is 149 cm³/mol. The SMILES string of the molecule is C[C@@H](O)[C@H](NC(=O)[C@@H](N)CCC(=O)O)C(=O)N[C@@H](CO)C(=O)NCC(=O)N[C@@H](CC(N)=O)C(=O)N[C@@H](CCCCN)C(=O)O. The zero-order chi connectivity index (χ0) is 34.0. The van der Waals surface area contributed by atoms with Crippen LogP contribution in [0.25, 0.3) is 0 Å². The Kier molecular flexibility index (Phi) is 18.4. The van der Waals surface area contributed by atoms with Gasteiger partial charge in [-0.3, -0.25) is 33.6 Å². The van der Waals surface area contributed by atoms with Crippen LogP contribution in [-0.4, -0.2) is 124 Å². The van der Waals surface area contributed by atoms with Gasteiger partial charge in [-0.05, 0) is 39.2 Å². The first kappa shape index (κ1) is 39.6. The molecule has 20 nitrogen and oxygen atoms in total. The van der Waals surface area contributed by atoms with Gasteiger partial charge in [0, 0.05) is 6.42 Å². The zero-order valence-corrected chi connectivity index (χ0v) is 24.1. The molecule has 0 aromatic rings. The molecule has 0 saturated carbocycles. The van der Waals surface area contributed by atoms with Crippen LogP contribution in [0.15, 0.2) is 0 Å². The summed E-state index contributed by atoms with van der Waals surface area (Å²) in [5, 5.41) is 48.2. The zero-order valence-electron chi connectivity index (χ0n) is 24.1. The van der Waals surface area contributed by atoms with Crippen LogP contribution < -0.4 is 43.8 Å². The third-order valence-corrected chi connectivity index (χ3v) is 5.93. The molecule has 6 amide bonds. The quantitative estimate of drug-likeness (QED) is 0.0493. The summed E-state index contributed by atoms with van der Waals surface area (Å²) in [6, 6.07) is -7.63. The van der Waals surface area contributed by atoms with Gasteiger partial charge in [0.15, 0.2) is 0 Å². The molecule has 0 radical (unpaired) electrons. The molecule has 0 heterocycles. The Balaban J connectivity index is 5.24. The normalized spacial score (nSPS) is 14.8. The molecule has 20 heteroatoms. The highest BCUT2D eigenvalue weighted by atomic mass is 16.4. The second-order valence-electron chi connectivity index (χ2n) is 9.70. The Morgan fingerprint density at radius 2 is 1.39 bits per heavy atom. The highest BCUT2D eigenvalue weighted by molar-refractivity contribution is 5.96. The first-order chi connectivity index (χ1) is 20.5. The first-order valence-electron chi connectivity index (χ1n) is 13.5. The number of aliphatic carboxylic acids is 2. The number of rotatable bonds is 22. The van der Waals surface area contributed by atoms with Crippen LogP contribution in [0.1, 0.15) is 45.4 Å². The number of amides is 6. The molecule has 6 atom stereocenters. The van der Waals surface area contributed by atoms with Crippen LogP contribution in [0.5, 0.6) is 0 Å². The van der Waals surface area contributed by atoms with Crippen molar-refractivity contribution in [2.45, 2.75) is 81.8 Å². The van der Waals surface area contributed by atoms with Gasteiger partial charge in [-0.25, -0.2) is 4.79 Å². The van der Waals surface area contributed by atoms with Gasteiger partial charge in [0.25, 0.3) is 0 Å². The van der Waals surface area contributed by atoms with E-state index in [0.29, 0.717) is 19.4 Å². The number of hydrogen-bond donors (Lipinski definition) is 12. The van der Waals surface area contributed by atoms with Crippen molar-refractivity contribution in [1.29, 1.82) is 0 Å². The fourth-order valence-corrected chi connectivity index (χ4v) is 3.50. The molecule has 0 aliphatic rings. The maximum Gasteiger partial charge on any atom is 0.326 e. The molecule has 0 aromatic heterocycles. The Bertz CT molecular complexity index is 1040. The van der Waals surface area contributed by atoms with Crippen molar-refractivity contribution in [3.8, 4) is 0 Å². The van der Waals surface area contributed by atoms with Gasteiger partial charge >= 0.3 is 11.9 Å². The molecule has 0 aliphatic carbocycles. The maximum absolute atomic E-state index is 12.6. The Hall–Kier alpha value is -4.40. The lowest BCUT2D eigenvalue weighted by Crippen LogP contribution is -2.60. The second-order valence-corrected chi connectivity index (χ2v) is 9.70. The summed E-state index contributed by atoms with van der Waals surface area (Å²) in [5.41, 5.74) is 16.1.